The first kappa shape index (κ1) is 14.5. The van der Waals surface area contributed by atoms with E-state index in [1.165, 1.54) is 0 Å². The Hall–Kier alpha value is -0.610. The lowest BCUT2D eigenvalue weighted by atomic mass is 10.1. The molecule has 1 aliphatic rings. The Balaban J connectivity index is 2.39. The van der Waals surface area contributed by atoms with Crippen molar-refractivity contribution in [2.45, 2.75) is 58.1 Å². The molecule has 1 rings (SSSR count). The quantitative estimate of drug-likeness (QED) is 0.797. The molecule has 0 aromatic heterocycles. The monoisotopic (exact) mass is 243 g/mol. The number of aliphatic hydroxyl groups excluding tert-OH is 1. The molecule has 1 fully saturated rings. The van der Waals surface area contributed by atoms with Gasteiger partial charge in [-0.3, -0.25) is 4.79 Å². The highest BCUT2D eigenvalue weighted by atomic mass is 16.5. The number of hydrogen-bond donors (Lipinski definition) is 1. The number of hydrogen-bond acceptors (Lipinski definition) is 3. The molecule has 0 saturated carbocycles. The second kappa shape index (κ2) is 6.36. The summed E-state index contributed by atoms with van der Waals surface area (Å²) in [5.74, 6) is 0.0837. The van der Waals surface area contributed by atoms with E-state index in [4.69, 9.17) is 9.84 Å². The molecule has 1 unspecified atom stereocenters. The van der Waals surface area contributed by atoms with Crippen molar-refractivity contribution in [3.05, 3.63) is 0 Å². The van der Waals surface area contributed by atoms with Crippen LogP contribution < -0.4 is 0 Å². The Kier molecular flexibility index (Phi) is 5.40. The first-order chi connectivity index (χ1) is 7.94. The van der Waals surface area contributed by atoms with Crippen LogP contribution in [0.15, 0.2) is 0 Å². The fourth-order valence-electron chi connectivity index (χ4n) is 2.15. The number of likely N-dealkylation sites (tertiary alicyclic amines) is 1. The third-order valence-corrected chi connectivity index (χ3v) is 3.02. The van der Waals surface area contributed by atoms with Gasteiger partial charge in [-0.1, -0.05) is 0 Å². The largest absolute Gasteiger partial charge is 0.396 e. The number of aliphatic hydroxyl groups is 1. The number of carbonyl (C=O) groups is 1. The van der Waals surface area contributed by atoms with Crippen molar-refractivity contribution in [2.75, 3.05) is 19.8 Å². The van der Waals surface area contributed by atoms with Crippen LogP contribution in [0.3, 0.4) is 0 Å². The zero-order valence-electron chi connectivity index (χ0n) is 11.2. The standard InChI is InChI=1S/C13H25NO3/c1-13(2,3)17-10-12(16)14-8-4-6-11(14)7-5-9-15/h11,15H,4-10H2,1-3H3. The first-order valence-electron chi connectivity index (χ1n) is 6.48. The van der Waals surface area contributed by atoms with E-state index >= 15 is 0 Å². The second-order valence-corrected chi connectivity index (χ2v) is 5.65. The zero-order valence-corrected chi connectivity index (χ0v) is 11.2. The van der Waals surface area contributed by atoms with E-state index in [0.717, 1.165) is 32.2 Å². The number of rotatable bonds is 5. The van der Waals surface area contributed by atoms with Gasteiger partial charge >= 0.3 is 0 Å². The summed E-state index contributed by atoms with van der Waals surface area (Å²) in [5, 5.41) is 8.83. The Labute approximate surface area is 104 Å². The van der Waals surface area contributed by atoms with Crippen LogP contribution in [-0.4, -0.2) is 47.3 Å². The van der Waals surface area contributed by atoms with Crippen molar-refractivity contribution in [2.24, 2.45) is 0 Å². The fraction of sp³-hybridized carbons (Fsp3) is 0.923. The molecule has 0 aliphatic carbocycles. The third-order valence-electron chi connectivity index (χ3n) is 3.02. The number of amides is 1. The molecule has 17 heavy (non-hydrogen) atoms. The summed E-state index contributed by atoms with van der Waals surface area (Å²) in [5.41, 5.74) is -0.268. The summed E-state index contributed by atoms with van der Waals surface area (Å²) in [7, 11) is 0. The molecule has 0 radical (unpaired) electrons. The van der Waals surface area contributed by atoms with Gasteiger partial charge in [-0.25, -0.2) is 0 Å². The van der Waals surface area contributed by atoms with Crippen molar-refractivity contribution >= 4 is 5.91 Å². The van der Waals surface area contributed by atoms with Crippen LogP contribution in [0.25, 0.3) is 0 Å². The fourth-order valence-corrected chi connectivity index (χ4v) is 2.15. The molecular weight excluding hydrogens is 218 g/mol. The molecule has 1 aliphatic heterocycles. The van der Waals surface area contributed by atoms with E-state index in [0.29, 0.717) is 6.04 Å². The second-order valence-electron chi connectivity index (χ2n) is 5.65. The van der Waals surface area contributed by atoms with E-state index in [2.05, 4.69) is 0 Å². The van der Waals surface area contributed by atoms with E-state index in [1.54, 1.807) is 0 Å². The summed E-state index contributed by atoms with van der Waals surface area (Å²) in [6.45, 7) is 7.06. The summed E-state index contributed by atoms with van der Waals surface area (Å²) >= 11 is 0. The Morgan fingerprint density at radius 1 is 1.47 bits per heavy atom. The highest BCUT2D eigenvalue weighted by Gasteiger charge is 2.28. The van der Waals surface area contributed by atoms with E-state index in [-0.39, 0.29) is 24.7 Å². The molecule has 0 aromatic carbocycles. The molecule has 4 heteroatoms. The zero-order chi connectivity index (χ0) is 12.9. The number of carbonyl (C=O) groups excluding carboxylic acids is 1. The van der Waals surface area contributed by atoms with Gasteiger partial charge in [0.15, 0.2) is 0 Å². The Bertz CT molecular complexity index is 248. The minimum absolute atomic E-state index is 0.0837. The van der Waals surface area contributed by atoms with Crippen LogP contribution in [0.2, 0.25) is 0 Å². The van der Waals surface area contributed by atoms with Crippen LogP contribution >= 0.6 is 0 Å². The van der Waals surface area contributed by atoms with Crippen LogP contribution in [0.5, 0.6) is 0 Å². The molecule has 4 nitrogen and oxygen atoms in total. The molecule has 1 saturated heterocycles. The maximum Gasteiger partial charge on any atom is 0.248 e. The number of ether oxygens (including phenoxy) is 1. The summed E-state index contributed by atoms with van der Waals surface area (Å²) in [6, 6.07) is 0.304. The maximum atomic E-state index is 12.0. The van der Waals surface area contributed by atoms with Gasteiger partial charge in [0.2, 0.25) is 5.91 Å². The Morgan fingerprint density at radius 2 is 2.18 bits per heavy atom. The van der Waals surface area contributed by atoms with Gasteiger partial charge in [0.1, 0.15) is 6.61 Å². The molecule has 0 bridgehead atoms. The van der Waals surface area contributed by atoms with Gasteiger partial charge in [0, 0.05) is 19.2 Å². The van der Waals surface area contributed by atoms with Gasteiger partial charge in [0.25, 0.3) is 0 Å². The molecule has 1 atom stereocenters. The van der Waals surface area contributed by atoms with Crippen molar-refractivity contribution in [3.8, 4) is 0 Å². The predicted molar refractivity (Wildman–Crippen MR) is 66.8 cm³/mol. The summed E-state index contributed by atoms with van der Waals surface area (Å²) in [6.07, 6.45) is 3.80. The van der Waals surface area contributed by atoms with Gasteiger partial charge in [-0.2, -0.15) is 0 Å². The van der Waals surface area contributed by atoms with Crippen molar-refractivity contribution in [1.29, 1.82) is 0 Å². The molecule has 1 heterocycles. The lowest BCUT2D eigenvalue weighted by Gasteiger charge is -2.27. The van der Waals surface area contributed by atoms with Crippen LogP contribution in [0, 0.1) is 0 Å². The minimum atomic E-state index is -0.268. The van der Waals surface area contributed by atoms with Gasteiger partial charge in [-0.05, 0) is 46.5 Å². The topological polar surface area (TPSA) is 49.8 Å². The van der Waals surface area contributed by atoms with Crippen LogP contribution in [-0.2, 0) is 9.53 Å². The lowest BCUT2D eigenvalue weighted by Crippen LogP contribution is -2.39. The van der Waals surface area contributed by atoms with Gasteiger partial charge < -0.3 is 14.7 Å². The third kappa shape index (κ3) is 5.04. The average Bonchev–Trinajstić information content (AvgIpc) is 2.70. The van der Waals surface area contributed by atoms with Crippen LogP contribution in [0.1, 0.15) is 46.5 Å². The molecule has 1 amide bonds. The highest BCUT2D eigenvalue weighted by Crippen LogP contribution is 2.21. The highest BCUT2D eigenvalue weighted by molar-refractivity contribution is 5.78. The molecular formula is C13H25NO3. The smallest absolute Gasteiger partial charge is 0.248 e. The van der Waals surface area contributed by atoms with Crippen molar-refractivity contribution < 1.29 is 14.6 Å². The molecule has 100 valence electrons. The Morgan fingerprint density at radius 3 is 2.76 bits per heavy atom. The normalized spacial score (nSPS) is 20.9. The molecule has 0 aromatic rings. The predicted octanol–water partition coefficient (Wildman–Crippen LogP) is 1.56. The SMILES string of the molecule is CC(C)(C)OCC(=O)N1CCCC1CCCO. The maximum absolute atomic E-state index is 12.0. The summed E-state index contributed by atoms with van der Waals surface area (Å²) in [4.78, 5) is 13.9. The summed E-state index contributed by atoms with van der Waals surface area (Å²) < 4.78 is 5.52. The van der Waals surface area contributed by atoms with Gasteiger partial charge in [-0.15, -0.1) is 0 Å². The minimum Gasteiger partial charge on any atom is -0.396 e. The molecule has 1 N–H and O–H groups in total. The van der Waals surface area contributed by atoms with Gasteiger partial charge in [0.05, 0.1) is 5.60 Å². The molecule has 0 spiro atoms. The average molecular weight is 243 g/mol. The van der Waals surface area contributed by atoms with E-state index < -0.39 is 0 Å². The number of nitrogens with zero attached hydrogens (tertiary/aromatic N) is 1. The van der Waals surface area contributed by atoms with Crippen molar-refractivity contribution in [1.82, 2.24) is 4.90 Å². The van der Waals surface area contributed by atoms with Crippen molar-refractivity contribution in [3.63, 3.8) is 0 Å². The van der Waals surface area contributed by atoms with E-state index in [1.807, 2.05) is 25.7 Å². The first-order valence-corrected chi connectivity index (χ1v) is 6.48. The van der Waals surface area contributed by atoms with E-state index in [9.17, 15) is 4.79 Å². The lowest BCUT2D eigenvalue weighted by molar-refractivity contribution is -0.142. The van der Waals surface area contributed by atoms with Crippen LogP contribution in [0.4, 0.5) is 0 Å².